The molecule has 1 fully saturated rings. The zero-order chi connectivity index (χ0) is 5.11. The summed E-state index contributed by atoms with van der Waals surface area (Å²) in [5, 5.41) is 0. The van der Waals surface area contributed by atoms with Gasteiger partial charge >= 0.3 is 0 Å². The van der Waals surface area contributed by atoms with E-state index in [9.17, 15) is 0 Å². The van der Waals surface area contributed by atoms with E-state index in [-0.39, 0.29) is 0 Å². The van der Waals surface area contributed by atoms with Crippen molar-refractivity contribution in [3.63, 3.8) is 0 Å². The van der Waals surface area contributed by atoms with E-state index in [0.717, 1.165) is 26.1 Å². The van der Waals surface area contributed by atoms with Crippen LogP contribution in [-0.4, -0.2) is 21.1 Å². The Morgan fingerprint density at radius 2 is 1.86 bits per heavy atom. The molecule has 1 rings (SSSR count). The first-order chi connectivity index (χ1) is 3.39. The van der Waals surface area contributed by atoms with Crippen molar-refractivity contribution in [2.45, 2.75) is 18.7 Å². The fourth-order valence-corrected chi connectivity index (χ4v) is 0.716. The second-order valence-electron chi connectivity index (χ2n) is 1.95. The van der Waals surface area contributed by atoms with E-state index in [0.29, 0.717) is 5.82 Å². The van der Waals surface area contributed by atoms with Gasteiger partial charge in [0.25, 0.3) is 0 Å². The van der Waals surface area contributed by atoms with Gasteiger partial charge < -0.3 is 4.74 Å². The third-order valence-corrected chi connectivity index (χ3v) is 1.27. The lowest BCUT2D eigenvalue weighted by molar-refractivity contribution is 0.0974. The molecule has 1 aliphatic rings. The summed E-state index contributed by atoms with van der Waals surface area (Å²) in [5.74, 6) is 0.411. The summed E-state index contributed by atoms with van der Waals surface area (Å²) in [4.78, 5) is 0. The molecule has 0 aliphatic carbocycles. The van der Waals surface area contributed by atoms with Gasteiger partial charge in [-0.2, -0.15) is 0 Å². The average Bonchev–Trinajstić information content (AvgIpc) is 1.69. The van der Waals surface area contributed by atoms with Crippen LogP contribution in [0.4, 0.5) is 0 Å². The van der Waals surface area contributed by atoms with E-state index in [4.69, 9.17) is 12.6 Å². The van der Waals surface area contributed by atoms with Gasteiger partial charge in [-0.25, -0.2) is 0 Å². The van der Waals surface area contributed by atoms with Crippen LogP contribution in [0.25, 0.3) is 0 Å². The second-order valence-corrected chi connectivity index (χ2v) is 1.95. The molecule has 0 N–H and O–H groups in total. The van der Waals surface area contributed by atoms with Gasteiger partial charge in [0.15, 0.2) is 0 Å². The van der Waals surface area contributed by atoms with Crippen LogP contribution in [0.2, 0.25) is 5.82 Å². The maximum atomic E-state index is 5.55. The van der Waals surface area contributed by atoms with Gasteiger partial charge in [-0.3, -0.25) is 0 Å². The fourth-order valence-electron chi connectivity index (χ4n) is 0.716. The molecular formula is C5H9BO. The van der Waals surface area contributed by atoms with Crippen molar-refractivity contribution in [3.05, 3.63) is 0 Å². The lowest BCUT2D eigenvalue weighted by atomic mass is 9.81. The second kappa shape index (κ2) is 2.36. The molecule has 38 valence electrons. The van der Waals surface area contributed by atoms with Crippen molar-refractivity contribution in [1.82, 2.24) is 0 Å². The molecule has 0 aromatic carbocycles. The van der Waals surface area contributed by atoms with Crippen LogP contribution in [0.1, 0.15) is 12.8 Å². The Morgan fingerprint density at radius 3 is 2.14 bits per heavy atom. The smallest absolute Gasteiger partial charge is 0.0701 e. The third-order valence-electron chi connectivity index (χ3n) is 1.27. The minimum Gasteiger partial charge on any atom is -0.381 e. The van der Waals surface area contributed by atoms with Crippen LogP contribution in [0.5, 0.6) is 0 Å². The maximum absolute atomic E-state index is 5.55. The Morgan fingerprint density at radius 1 is 1.29 bits per heavy atom. The van der Waals surface area contributed by atoms with Crippen molar-refractivity contribution in [2.75, 3.05) is 13.2 Å². The van der Waals surface area contributed by atoms with E-state index in [2.05, 4.69) is 0 Å². The van der Waals surface area contributed by atoms with E-state index < -0.39 is 0 Å². The van der Waals surface area contributed by atoms with Crippen molar-refractivity contribution in [3.8, 4) is 0 Å². The number of rotatable bonds is 0. The van der Waals surface area contributed by atoms with Crippen LogP contribution < -0.4 is 0 Å². The Bertz CT molecular complexity index is 50.0. The highest BCUT2D eigenvalue weighted by atomic mass is 16.5. The molecule has 7 heavy (non-hydrogen) atoms. The highest BCUT2D eigenvalue weighted by Gasteiger charge is 2.05. The van der Waals surface area contributed by atoms with E-state index >= 15 is 0 Å². The molecule has 1 nitrogen and oxygen atoms in total. The van der Waals surface area contributed by atoms with E-state index in [1.807, 2.05) is 0 Å². The standard InChI is InChI=1S/C5H9BO/c6-5-1-3-7-4-2-5/h5H,1-4H2. The molecule has 2 radical (unpaired) electrons. The fraction of sp³-hybridized carbons (Fsp3) is 1.00. The molecule has 0 aromatic heterocycles. The summed E-state index contributed by atoms with van der Waals surface area (Å²) in [6.45, 7) is 1.72. The van der Waals surface area contributed by atoms with Crippen LogP contribution in [-0.2, 0) is 4.74 Å². The molecule has 0 amide bonds. The van der Waals surface area contributed by atoms with Gasteiger partial charge in [0, 0.05) is 13.2 Å². The van der Waals surface area contributed by atoms with Crippen LogP contribution in [0.3, 0.4) is 0 Å². The lowest BCUT2D eigenvalue weighted by Crippen LogP contribution is -2.10. The molecule has 0 aromatic rings. The first-order valence-corrected chi connectivity index (χ1v) is 2.73. The zero-order valence-corrected chi connectivity index (χ0v) is 4.39. The topological polar surface area (TPSA) is 9.23 Å². The first kappa shape index (κ1) is 5.17. The summed E-state index contributed by atoms with van der Waals surface area (Å²) in [7, 11) is 5.55. The summed E-state index contributed by atoms with van der Waals surface area (Å²) in [6, 6.07) is 0. The van der Waals surface area contributed by atoms with Gasteiger partial charge in [-0.05, 0) is 12.8 Å². The van der Waals surface area contributed by atoms with E-state index in [1.165, 1.54) is 0 Å². The molecule has 1 saturated heterocycles. The van der Waals surface area contributed by atoms with Crippen molar-refractivity contribution >= 4 is 7.85 Å². The number of hydrogen-bond donors (Lipinski definition) is 0. The Kier molecular flexibility index (Phi) is 1.74. The Balaban J connectivity index is 2.12. The molecule has 0 spiro atoms. The molecule has 0 bridgehead atoms. The highest BCUT2D eigenvalue weighted by Crippen LogP contribution is 2.15. The number of hydrogen-bond acceptors (Lipinski definition) is 1. The van der Waals surface area contributed by atoms with Crippen LogP contribution >= 0.6 is 0 Å². The van der Waals surface area contributed by atoms with Crippen molar-refractivity contribution < 1.29 is 4.74 Å². The molecular weight excluding hydrogens is 86.9 g/mol. The molecule has 0 saturated carbocycles. The summed E-state index contributed by atoms with van der Waals surface area (Å²) in [6.07, 6.45) is 2.08. The molecule has 0 atom stereocenters. The highest BCUT2D eigenvalue weighted by molar-refractivity contribution is 6.11. The largest absolute Gasteiger partial charge is 0.381 e. The maximum Gasteiger partial charge on any atom is 0.0701 e. The Hall–Kier alpha value is 0.0249. The predicted octanol–water partition coefficient (Wildman–Crippen LogP) is 0.754. The molecule has 0 unspecified atom stereocenters. The average molecular weight is 95.9 g/mol. The molecule has 1 aliphatic heterocycles. The van der Waals surface area contributed by atoms with E-state index in [1.54, 1.807) is 0 Å². The summed E-state index contributed by atoms with van der Waals surface area (Å²) in [5.41, 5.74) is 0. The zero-order valence-electron chi connectivity index (χ0n) is 4.39. The number of ether oxygens (including phenoxy) is 1. The van der Waals surface area contributed by atoms with Gasteiger partial charge in [0.2, 0.25) is 0 Å². The summed E-state index contributed by atoms with van der Waals surface area (Å²) < 4.78 is 5.06. The van der Waals surface area contributed by atoms with Crippen LogP contribution in [0.15, 0.2) is 0 Å². The normalized spacial score (nSPS) is 25.1. The SMILES string of the molecule is [B]C1CCOCC1. The Labute approximate surface area is 45.5 Å². The van der Waals surface area contributed by atoms with Crippen LogP contribution in [0, 0.1) is 0 Å². The predicted molar refractivity (Wildman–Crippen MR) is 29.6 cm³/mol. The van der Waals surface area contributed by atoms with Gasteiger partial charge in [-0.1, -0.05) is 5.82 Å². The molecule has 1 heterocycles. The minimum atomic E-state index is 0.411. The van der Waals surface area contributed by atoms with Gasteiger partial charge in [-0.15, -0.1) is 0 Å². The third kappa shape index (κ3) is 1.52. The van der Waals surface area contributed by atoms with Crippen molar-refractivity contribution in [1.29, 1.82) is 0 Å². The van der Waals surface area contributed by atoms with Crippen molar-refractivity contribution in [2.24, 2.45) is 0 Å². The van der Waals surface area contributed by atoms with Gasteiger partial charge in [0.05, 0.1) is 7.85 Å². The quantitative estimate of drug-likeness (QED) is 0.404. The van der Waals surface area contributed by atoms with Gasteiger partial charge in [0.1, 0.15) is 0 Å². The molecule has 2 heteroatoms. The minimum absolute atomic E-state index is 0.411. The monoisotopic (exact) mass is 96.1 g/mol. The first-order valence-electron chi connectivity index (χ1n) is 2.73. The lowest BCUT2D eigenvalue weighted by Gasteiger charge is -2.16. The summed E-state index contributed by atoms with van der Waals surface area (Å²) >= 11 is 0.